The van der Waals surface area contributed by atoms with Gasteiger partial charge in [-0.2, -0.15) is 0 Å². The van der Waals surface area contributed by atoms with Crippen LogP contribution in [0.1, 0.15) is 45.1 Å². The zero-order valence-corrected chi connectivity index (χ0v) is 29.8. The van der Waals surface area contributed by atoms with E-state index in [4.69, 9.17) is 9.47 Å². The van der Waals surface area contributed by atoms with Crippen molar-refractivity contribution in [1.82, 2.24) is 30.2 Å². The van der Waals surface area contributed by atoms with Crippen LogP contribution in [0.4, 0.5) is 11.4 Å². The number of nitrogens with zero attached hydrogens (tertiary/aromatic N) is 5. The third-order valence-corrected chi connectivity index (χ3v) is 9.00. The van der Waals surface area contributed by atoms with Crippen LogP contribution in [0.25, 0.3) is 22.8 Å². The van der Waals surface area contributed by atoms with Crippen LogP contribution in [0, 0.1) is 0 Å². The summed E-state index contributed by atoms with van der Waals surface area (Å²) in [5.74, 6) is 3.29. The second-order valence-corrected chi connectivity index (χ2v) is 12.9. The molecule has 2 aromatic heterocycles. The normalized spacial score (nSPS) is 15.3. The Balaban J connectivity index is 0.000000200. The highest BCUT2D eigenvalue weighted by Crippen LogP contribution is 2.26. The summed E-state index contributed by atoms with van der Waals surface area (Å²) in [6.07, 6.45) is 12.0. The minimum Gasteiger partial charge on any atom is -0.494 e. The van der Waals surface area contributed by atoms with Crippen molar-refractivity contribution >= 4 is 11.4 Å². The van der Waals surface area contributed by atoms with Gasteiger partial charge in [0, 0.05) is 48.9 Å². The van der Waals surface area contributed by atoms with Gasteiger partial charge in [0.2, 0.25) is 0 Å². The molecule has 10 heteroatoms. The molecule has 7 rings (SSSR count). The number of hydrogen-bond donors (Lipinski definition) is 3. The van der Waals surface area contributed by atoms with Crippen LogP contribution < -0.4 is 25.4 Å². The maximum Gasteiger partial charge on any atom is 0.159 e. The van der Waals surface area contributed by atoms with Gasteiger partial charge in [-0.1, -0.05) is 60.7 Å². The average Bonchev–Trinajstić information content (AvgIpc) is 3.18. The molecule has 2 saturated heterocycles. The lowest BCUT2D eigenvalue weighted by atomic mass is 10.0. The lowest BCUT2D eigenvalue weighted by Gasteiger charge is -2.32. The smallest absolute Gasteiger partial charge is 0.159 e. The van der Waals surface area contributed by atoms with Crippen LogP contribution in [0.2, 0.25) is 0 Å². The van der Waals surface area contributed by atoms with Crippen molar-refractivity contribution in [2.24, 2.45) is 0 Å². The number of ether oxygens (including phenoxy) is 2. The summed E-state index contributed by atoms with van der Waals surface area (Å²) in [4.78, 5) is 20.4. The zero-order chi connectivity index (χ0) is 35.1. The molecule has 0 spiro atoms. The van der Waals surface area contributed by atoms with Gasteiger partial charge >= 0.3 is 0 Å². The van der Waals surface area contributed by atoms with Gasteiger partial charge in [-0.25, -0.2) is 19.9 Å². The Morgan fingerprint density at radius 2 is 1.08 bits per heavy atom. The standard InChI is InChI=1S/C26H32N4O2.C15H18N4/c1-3-31-24-14-20(15-25(16-24)32-4-2)19-30-12-10-22(11-13-30)29-23-17-27-26(28-18-23)21-8-6-5-7-9-21;1-2-4-12(5-3-1)15-17-10-14(11-18-15)19-13-6-8-16-9-7-13/h5-9,14-18,22,29H,3-4,10-13,19H2,1-2H3;1-5,10-11,13,16,19H,6-9H2. The maximum absolute atomic E-state index is 5.72. The van der Waals surface area contributed by atoms with E-state index in [0.717, 1.165) is 104 Å². The Kier molecular flexibility index (Phi) is 13.2. The van der Waals surface area contributed by atoms with Gasteiger partial charge in [-0.05, 0) is 70.3 Å². The van der Waals surface area contributed by atoms with Crippen molar-refractivity contribution in [3.05, 3.63) is 109 Å². The van der Waals surface area contributed by atoms with E-state index in [1.807, 2.05) is 105 Å². The molecule has 0 unspecified atom stereocenters. The molecule has 0 amide bonds. The van der Waals surface area contributed by atoms with Crippen molar-refractivity contribution in [3.8, 4) is 34.3 Å². The fourth-order valence-corrected chi connectivity index (χ4v) is 6.43. The molecule has 2 fully saturated rings. The van der Waals surface area contributed by atoms with Crippen LogP contribution in [0.15, 0.2) is 104 Å². The van der Waals surface area contributed by atoms with E-state index in [-0.39, 0.29) is 0 Å². The molecule has 3 aromatic carbocycles. The predicted octanol–water partition coefficient (Wildman–Crippen LogP) is 7.33. The summed E-state index contributed by atoms with van der Waals surface area (Å²) < 4.78 is 11.4. The number of aromatic nitrogens is 4. The van der Waals surface area contributed by atoms with E-state index in [2.05, 4.69) is 52.9 Å². The van der Waals surface area contributed by atoms with Crippen molar-refractivity contribution in [1.29, 1.82) is 0 Å². The minimum absolute atomic E-state index is 0.436. The van der Waals surface area contributed by atoms with E-state index in [0.29, 0.717) is 25.3 Å². The van der Waals surface area contributed by atoms with Crippen LogP contribution >= 0.6 is 0 Å². The molecule has 0 atom stereocenters. The maximum atomic E-state index is 5.72. The molecule has 0 radical (unpaired) electrons. The summed E-state index contributed by atoms with van der Waals surface area (Å²) in [5.41, 5.74) is 5.31. The minimum atomic E-state index is 0.436. The second-order valence-electron chi connectivity index (χ2n) is 12.9. The van der Waals surface area contributed by atoms with Crippen molar-refractivity contribution in [3.63, 3.8) is 0 Å². The first kappa shape index (κ1) is 35.8. The van der Waals surface area contributed by atoms with E-state index < -0.39 is 0 Å². The fraction of sp³-hybridized carbons (Fsp3) is 0.366. The van der Waals surface area contributed by atoms with Crippen LogP contribution in [0.5, 0.6) is 11.5 Å². The monoisotopic (exact) mass is 686 g/mol. The molecule has 2 aliphatic heterocycles. The molecule has 0 saturated carbocycles. The Morgan fingerprint density at radius 3 is 1.53 bits per heavy atom. The Morgan fingerprint density at radius 1 is 0.627 bits per heavy atom. The highest BCUT2D eigenvalue weighted by atomic mass is 16.5. The van der Waals surface area contributed by atoms with E-state index >= 15 is 0 Å². The van der Waals surface area contributed by atoms with Gasteiger partial charge in [-0.15, -0.1) is 0 Å². The number of benzene rings is 3. The highest BCUT2D eigenvalue weighted by molar-refractivity contribution is 5.57. The molecular weight excluding hydrogens is 637 g/mol. The van der Waals surface area contributed by atoms with Crippen LogP contribution in [-0.4, -0.2) is 76.3 Å². The van der Waals surface area contributed by atoms with E-state index in [1.54, 1.807) is 0 Å². The molecule has 10 nitrogen and oxygen atoms in total. The van der Waals surface area contributed by atoms with Gasteiger partial charge in [0.15, 0.2) is 11.6 Å². The SMILES string of the molecule is CCOc1cc(CN2CCC(Nc3cnc(-c4ccccc4)nc3)CC2)cc(OCC)c1.c1ccc(-c2ncc(NC3CCNCC3)cn2)cc1. The largest absolute Gasteiger partial charge is 0.494 e. The third kappa shape index (κ3) is 11.0. The first-order chi connectivity index (χ1) is 25.1. The van der Waals surface area contributed by atoms with Gasteiger partial charge in [0.1, 0.15) is 11.5 Å². The fourth-order valence-electron chi connectivity index (χ4n) is 6.43. The summed E-state index contributed by atoms with van der Waals surface area (Å²) in [6.45, 7) is 10.5. The van der Waals surface area contributed by atoms with Crippen LogP contribution in [0.3, 0.4) is 0 Å². The van der Waals surface area contributed by atoms with E-state index in [1.165, 1.54) is 5.56 Å². The number of piperidine rings is 2. The lowest BCUT2D eigenvalue weighted by Crippen LogP contribution is -2.38. The van der Waals surface area contributed by atoms with Crippen molar-refractivity contribution in [2.75, 3.05) is 50.0 Å². The molecular formula is C41H50N8O2. The molecule has 4 heterocycles. The first-order valence-electron chi connectivity index (χ1n) is 18.3. The Bertz CT molecular complexity index is 1700. The van der Waals surface area contributed by atoms with Crippen molar-refractivity contribution in [2.45, 2.75) is 58.2 Å². The number of likely N-dealkylation sites (tertiary alicyclic amines) is 1. The summed E-state index contributed by atoms with van der Waals surface area (Å²) in [7, 11) is 0. The molecule has 266 valence electrons. The molecule has 3 N–H and O–H groups in total. The Hall–Kier alpha value is -5.06. The first-order valence-corrected chi connectivity index (χ1v) is 18.3. The topological polar surface area (TPSA) is 109 Å². The van der Waals surface area contributed by atoms with Crippen molar-refractivity contribution < 1.29 is 9.47 Å². The van der Waals surface area contributed by atoms with E-state index in [9.17, 15) is 0 Å². The summed E-state index contributed by atoms with van der Waals surface area (Å²) >= 11 is 0. The van der Waals surface area contributed by atoms with Gasteiger partial charge in [0.05, 0.1) is 49.4 Å². The quantitative estimate of drug-likeness (QED) is 0.124. The lowest BCUT2D eigenvalue weighted by molar-refractivity contribution is 0.210. The molecule has 51 heavy (non-hydrogen) atoms. The summed E-state index contributed by atoms with van der Waals surface area (Å²) in [5, 5.41) is 10.5. The Labute approximate surface area is 302 Å². The molecule has 0 bridgehead atoms. The zero-order valence-electron chi connectivity index (χ0n) is 29.8. The predicted molar refractivity (Wildman–Crippen MR) is 205 cm³/mol. The number of anilines is 2. The number of hydrogen-bond acceptors (Lipinski definition) is 10. The number of nitrogens with one attached hydrogen (secondary N) is 3. The third-order valence-electron chi connectivity index (χ3n) is 9.00. The van der Waals surface area contributed by atoms with Gasteiger partial charge < -0.3 is 25.4 Å². The van der Waals surface area contributed by atoms with Crippen LogP contribution in [-0.2, 0) is 6.54 Å². The van der Waals surface area contributed by atoms with Gasteiger partial charge in [-0.3, -0.25) is 4.90 Å². The molecule has 2 aliphatic rings. The number of rotatable bonds is 12. The summed E-state index contributed by atoms with van der Waals surface area (Å²) in [6, 6.07) is 27.3. The average molecular weight is 687 g/mol. The highest BCUT2D eigenvalue weighted by Gasteiger charge is 2.20. The second kappa shape index (κ2) is 18.8. The molecule has 0 aliphatic carbocycles. The van der Waals surface area contributed by atoms with Gasteiger partial charge in [0.25, 0.3) is 0 Å². The molecule has 5 aromatic rings.